The number of fused-ring (bicyclic) bond motifs is 3. The number of halogens is 2. The zero-order valence-electron chi connectivity index (χ0n) is 22.3. The predicted molar refractivity (Wildman–Crippen MR) is 151 cm³/mol. The molecule has 4 aromatic rings. The van der Waals surface area contributed by atoms with Crippen LogP contribution in [0.25, 0.3) is 28.2 Å². The summed E-state index contributed by atoms with van der Waals surface area (Å²) in [6.07, 6.45) is 3.31. The average molecular weight is 566 g/mol. The van der Waals surface area contributed by atoms with E-state index in [1.807, 2.05) is 50.2 Å². The lowest BCUT2D eigenvalue weighted by molar-refractivity contribution is -0.0373. The lowest BCUT2D eigenvalue weighted by atomic mass is 9.86. The summed E-state index contributed by atoms with van der Waals surface area (Å²) < 4.78 is 15.0. The summed E-state index contributed by atoms with van der Waals surface area (Å²) in [5.41, 5.74) is 6.19. The van der Waals surface area contributed by atoms with Crippen LogP contribution in [0.1, 0.15) is 35.5 Å². The number of hydrogen-bond donors (Lipinski definition) is 0. The molecule has 2 aromatic heterocycles. The van der Waals surface area contributed by atoms with Crippen molar-refractivity contribution in [3.05, 3.63) is 69.5 Å². The van der Waals surface area contributed by atoms with Crippen molar-refractivity contribution in [1.29, 1.82) is 0 Å². The highest BCUT2D eigenvalue weighted by Crippen LogP contribution is 2.43. The number of carbonyl (C=O) groups is 1. The number of carbonyl (C=O) groups excluding carboxylic acids is 1. The van der Waals surface area contributed by atoms with Gasteiger partial charge >= 0.3 is 0 Å². The summed E-state index contributed by atoms with van der Waals surface area (Å²) in [6, 6.07) is 11.4. The zero-order valence-corrected chi connectivity index (χ0v) is 23.8. The molecule has 8 nitrogen and oxygen atoms in total. The van der Waals surface area contributed by atoms with Crippen LogP contribution in [0.2, 0.25) is 10.0 Å². The Morgan fingerprint density at radius 1 is 1.05 bits per heavy atom. The monoisotopic (exact) mass is 565 g/mol. The number of amides is 1. The van der Waals surface area contributed by atoms with Crippen LogP contribution in [0.5, 0.6) is 5.75 Å². The minimum absolute atomic E-state index is 0.103. The maximum Gasteiger partial charge on any atom is 0.275 e. The SMILES string of the molecule is COc1cc2c(cc1-c1ccn(C)n1)-c1c(c(C(=O)N3CCOCC3(C)C)nn1-c1cc(Cl)cc(Cl)c1)CC2. The first-order chi connectivity index (χ1) is 18.7. The van der Waals surface area contributed by atoms with E-state index in [9.17, 15) is 4.79 Å². The lowest BCUT2D eigenvalue weighted by Crippen LogP contribution is -2.55. The second kappa shape index (κ2) is 9.70. The fourth-order valence-electron chi connectivity index (χ4n) is 5.58. The van der Waals surface area contributed by atoms with Gasteiger partial charge in [0.15, 0.2) is 5.69 Å². The minimum atomic E-state index is -0.447. The van der Waals surface area contributed by atoms with Gasteiger partial charge in [0.25, 0.3) is 5.91 Å². The van der Waals surface area contributed by atoms with E-state index in [-0.39, 0.29) is 5.91 Å². The molecule has 0 saturated carbocycles. The number of morpholine rings is 1. The fraction of sp³-hybridized carbons (Fsp3) is 0.345. The van der Waals surface area contributed by atoms with Crippen molar-refractivity contribution in [3.63, 3.8) is 0 Å². The van der Waals surface area contributed by atoms with E-state index in [2.05, 4.69) is 17.2 Å². The summed E-state index contributed by atoms with van der Waals surface area (Å²) in [7, 11) is 3.55. The van der Waals surface area contributed by atoms with Crippen molar-refractivity contribution in [2.45, 2.75) is 32.2 Å². The van der Waals surface area contributed by atoms with Gasteiger partial charge in [-0.3, -0.25) is 9.48 Å². The van der Waals surface area contributed by atoms with Crippen molar-refractivity contribution in [3.8, 4) is 34.0 Å². The molecule has 0 spiro atoms. The van der Waals surface area contributed by atoms with Gasteiger partial charge in [0, 0.05) is 46.5 Å². The molecular formula is C29H29Cl2N5O3. The Kier molecular flexibility index (Phi) is 6.44. The second-order valence-electron chi connectivity index (χ2n) is 10.6. The number of nitrogens with zero attached hydrogens (tertiary/aromatic N) is 5. The molecule has 0 unspecified atom stereocenters. The van der Waals surface area contributed by atoms with Crippen molar-refractivity contribution >= 4 is 29.1 Å². The van der Waals surface area contributed by atoms with Gasteiger partial charge in [-0.25, -0.2) is 4.68 Å². The Morgan fingerprint density at radius 3 is 2.49 bits per heavy atom. The first-order valence-electron chi connectivity index (χ1n) is 12.9. The van der Waals surface area contributed by atoms with Crippen LogP contribution in [0.3, 0.4) is 0 Å². The number of rotatable bonds is 4. The average Bonchev–Trinajstić information content (AvgIpc) is 3.50. The van der Waals surface area contributed by atoms with Gasteiger partial charge in [-0.15, -0.1) is 0 Å². The van der Waals surface area contributed by atoms with Gasteiger partial charge in [-0.1, -0.05) is 23.2 Å². The molecule has 0 bridgehead atoms. The number of ether oxygens (including phenoxy) is 2. The highest BCUT2D eigenvalue weighted by Gasteiger charge is 2.39. The predicted octanol–water partition coefficient (Wildman–Crippen LogP) is 5.60. The number of methoxy groups -OCH3 is 1. The first-order valence-corrected chi connectivity index (χ1v) is 13.6. The molecule has 3 heterocycles. The largest absolute Gasteiger partial charge is 0.496 e. The summed E-state index contributed by atoms with van der Waals surface area (Å²) in [5, 5.41) is 10.5. The molecule has 0 radical (unpaired) electrons. The maximum absolute atomic E-state index is 14.1. The molecule has 0 N–H and O–H groups in total. The Balaban J connectivity index is 1.59. The summed E-state index contributed by atoms with van der Waals surface area (Å²) in [6.45, 7) is 5.52. The van der Waals surface area contributed by atoms with E-state index in [0.29, 0.717) is 47.6 Å². The van der Waals surface area contributed by atoms with Gasteiger partial charge < -0.3 is 14.4 Å². The van der Waals surface area contributed by atoms with E-state index >= 15 is 0 Å². The third kappa shape index (κ3) is 4.50. The number of hydrogen-bond acceptors (Lipinski definition) is 5. The molecule has 202 valence electrons. The molecule has 1 fully saturated rings. The smallest absolute Gasteiger partial charge is 0.275 e. The molecule has 2 aromatic carbocycles. The van der Waals surface area contributed by atoms with Crippen LogP contribution < -0.4 is 4.74 Å². The normalized spacial score (nSPS) is 16.1. The van der Waals surface area contributed by atoms with E-state index in [1.165, 1.54) is 0 Å². The molecule has 10 heteroatoms. The minimum Gasteiger partial charge on any atom is -0.496 e. The standard InChI is InChI=1S/C29H29Cl2N5O3/c1-29(2)16-39-10-9-35(29)28(37)26-21-6-5-17-11-25(38-4)23(24-7-8-34(3)32-24)15-22(17)27(21)36(33-26)20-13-18(30)12-19(31)14-20/h7-8,11-15H,5-6,9-10,16H2,1-4H3. The molecule has 1 aliphatic heterocycles. The molecular weight excluding hydrogens is 537 g/mol. The summed E-state index contributed by atoms with van der Waals surface area (Å²) in [5.74, 6) is 0.646. The Hall–Kier alpha value is -3.33. The molecule has 2 aliphatic rings. The topological polar surface area (TPSA) is 74.4 Å². The van der Waals surface area contributed by atoms with Crippen LogP contribution in [0.4, 0.5) is 0 Å². The Morgan fingerprint density at radius 2 is 1.82 bits per heavy atom. The van der Waals surface area contributed by atoms with Gasteiger partial charge in [0.1, 0.15) is 5.75 Å². The van der Waals surface area contributed by atoms with Gasteiger partial charge in [0.05, 0.1) is 42.9 Å². The van der Waals surface area contributed by atoms with E-state index in [4.69, 9.17) is 37.8 Å². The molecule has 1 amide bonds. The Bertz CT molecular complexity index is 1590. The zero-order chi connectivity index (χ0) is 27.5. The van der Waals surface area contributed by atoms with Gasteiger partial charge in [-0.05, 0) is 68.7 Å². The van der Waals surface area contributed by atoms with Gasteiger partial charge in [0.2, 0.25) is 0 Å². The highest BCUT2D eigenvalue weighted by atomic mass is 35.5. The van der Waals surface area contributed by atoms with Crippen LogP contribution >= 0.6 is 23.2 Å². The van der Waals surface area contributed by atoms with Crippen LogP contribution in [0, 0.1) is 0 Å². The van der Waals surface area contributed by atoms with Crippen LogP contribution in [0.15, 0.2) is 42.6 Å². The Labute approximate surface area is 237 Å². The van der Waals surface area contributed by atoms with Gasteiger partial charge in [-0.2, -0.15) is 10.2 Å². The number of aromatic nitrogens is 4. The highest BCUT2D eigenvalue weighted by molar-refractivity contribution is 6.34. The summed E-state index contributed by atoms with van der Waals surface area (Å²) >= 11 is 12.8. The van der Waals surface area contributed by atoms with E-state index in [1.54, 1.807) is 22.5 Å². The van der Waals surface area contributed by atoms with Crippen LogP contribution in [-0.4, -0.2) is 62.8 Å². The molecule has 0 atom stereocenters. The molecule has 6 rings (SSSR count). The van der Waals surface area contributed by atoms with E-state index in [0.717, 1.165) is 45.8 Å². The lowest BCUT2D eigenvalue weighted by Gasteiger charge is -2.41. The van der Waals surface area contributed by atoms with Crippen molar-refractivity contribution < 1.29 is 14.3 Å². The third-order valence-electron chi connectivity index (χ3n) is 7.48. The molecule has 1 aliphatic carbocycles. The molecule has 1 saturated heterocycles. The van der Waals surface area contributed by atoms with Crippen LogP contribution in [-0.2, 0) is 24.6 Å². The summed E-state index contributed by atoms with van der Waals surface area (Å²) in [4.78, 5) is 16.0. The molecule has 39 heavy (non-hydrogen) atoms. The maximum atomic E-state index is 14.1. The van der Waals surface area contributed by atoms with E-state index < -0.39 is 5.54 Å². The third-order valence-corrected chi connectivity index (χ3v) is 7.92. The van der Waals surface area contributed by atoms with Crippen molar-refractivity contribution in [2.75, 3.05) is 26.9 Å². The number of benzene rings is 2. The van der Waals surface area contributed by atoms with Crippen molar-refractivity contribution in [2.24, 2.45) is 7.05 Å². The quantitative estimate of drug-likeness (QED) is 0.321. The van der Waals surface area contributed by atoms with Crippen molar-refractivity contribution in [1.82, 2.24) is 24.5 Å². The number of aryl methyl sites for hydroxylation is 2. The second-order valence-corrected chi connectivity index (χ2v) is 11.5. The first kappa shape index (κ1) is 25.9. The fourth-order valence-corrected chi connectivity index (χ4v) is 6.10.